The first-order chi connectivity index (χ1) is 15.0. The number of nitrogens with one attached hydrogen (secondary N) is 2. The van der Waals surface area contributed by atoms with Crippen LogP contribution in [0.4, 0.5) is 5.69 Å². The molecule has 0 amide bonds. The quantitative estimate of drug-likeness (QED) is 0.576. The van der Waals surface area contributed by atoms with Crippen LogP contribution in [-0.2, 0) is 24.8 Å². The van der Waals surface area contributed by atoms with E-state index < -0.39 is 25.3 Å². The topological polar surface area (TPSA) is 118 Å². The summed E-state index contributed by atoms with van der Waals surface area (Å²) in [4.78, 5) is 4.20. The molecule has 0 unspecified atom stereocenters. The van der Waals surface area contributed by atoms with E-state index in [0.717, 1.165) is 37.9 Å². The highest BCUT2D eigenvalue weighted by Crippen LogP contribution is 2.26. The molecule has 1 aliphatic carbocycles. The Morgan fingerprint density at radius 1 is 1.06 bits per heavy atom. The van der Waals surface area contributed by atoms with Gasteiger partial charge in [0.1, 0.15) is 0 Å². The van der Waals surface area contributed by atoms with Gasteiger partial charge >= 0.3 is 0 Å². The fourth-order valence-electron chi connectivity index (χ4n) is 4.21. The van der Waals surface area contributed by atoms with Crippen LogP contribution in [0.25, 0.3) is 0 Å². The summed E-state index contributed by atoms with van der Waals surface area (Å²) in [6.45, 7) is 8.50. The maximum atomic E-state index is 12.9. The van der Waals surface area contributed by atoms with Crippen LogP contribution in [0.2, 0.25) is 0 Å². The van der Waals surface area contributed by atoms with Crippen molar-refractivity contribution in [3.05, 3.63) is 18.3 Å². The van der Waals surface area contributed by atoms with Gasteiger partial charge in [-0.2, -0.15) is 4.31 Å². The molecule has 1 aromatic rings. The largest absolute Gasteiger partial charge is 0.384 e. The molecule has 11 heteroatoms. The van der Waals surface area contributed by atoms with Gasteiger partial charge in [0, 0.05) is 25.7 Å². The normalized spacial score (nSPS) is 28.0. The van der Waals surface area contributed by atoms with Gasteiger partial charge < -0.3 is 10.1 Å². The number of sulfonamides is 2. The summed E-state index contributed by atoms with van der Waals surface area (Å²) in [5.74, 6) is 0.439. The Hall–Kier alpha value is -1.27. The average molecular weight is 489 g/mol. The van der Waals surface area contributed by atoms with E-state index in [-0.39, 0.29) is 23.3 Å². The molecule has 1 aromatic heterocycles. The molecule has 32 heavy (non-hydrogen) atoms. The van der Waals surface area contributed by atoms with Gasteiger partial charge in [0.05, 0.1) is 29.3 Å². The fourth-order valence-corrected chi connectivity index (χ4v) is 6.69. The number of hydrogen-bond acceptors (Lipinski definition) is 7. The molecule has 9 nitrogen and oxygen atoms in total. The van der Waals surface area contributed by atoms with Gasteiger partial charge in [-0.3, -0.25) is 0 Å². The van der Waals surface area contributed by atoms with Crippen LogP contribution >= 0.6 is 0 Å². The highest BCUT2D eigenvalue weighted by Gasteiger charge is 2.33. The van der Waals surface area contributed by atoms with Gasteiger partial charge in [0.15, 0.2) is 5.03 Å². The predicted molar refractivity (Wildman–Crippen MR) is 124 cm³/mol. The second-order valence-electron chi connectivity index (χ2n) is 9.27. The van der Waals surface area contributed by atoms with E-state index in [2.05, 4.69) is 15.0 Å². The number of anilines is 1. The van der Waals surface area contributed by atoms with Crippen LogP contribution in [0.5, 0.6) is 0 Å². The lowest BCUT2D eigenvalue weighted by Gasteiger charge is -2.34. The van der Waals surface area contributed by atoms with E-state index in [1.165, 1.54) is 4.31 Å². The van der Waals surface area contributed by atoms with Crippen molar-refractivity contribution < 1.29 is 21.6 Å². The van der Waals surface area contributed by atoms with Crippen LogP contribution < -0.4 is 10.0 Å². The van der Waals surface area contributed by atoms with Crippen molar-refractivity contribution in [3.63, 3.8) is 0 Å². The van der Waals surface area contributed by atoms with Crippen molar-refractivity contribution in [2.24, 2.45) is 5.92 Å². The molecule has 2 atom stereocenters. The Kier molecular flexibility index (Phi) is 8.19. The van der Waals surface area contributed by atoms with E-state index in [4.69, 9.17) is 4.74 Å². The molecule has 1 saturated carbocycles. The first-order valence-electron chi connectivity index (χ1n) is 11.3. The Bertz CT molecular complexity index is 948. The summed E-state index contributed by atoms with van der Waals surface area (Å²) >= 11 is 0. The minimum atomic E-state index is -3.65. The first kappa shape index (κ1) is 25.4. The number of ether oxygens (including phenoxy) is 1. The second kappa shape index (κ2) is 10.3. The molecular formula is C21H36N4O5S2. The summed E-state index contributed by atoms with van der Waals surface area (Å²) < 4.78 is 59.8. The highest BCUT2D eigenvalue weighted by molar-refractivity contribution is 7.90. The van der Waals surface area contributed by atoms with E-state index in [9.17, 15) is 16.8 Å². The van der Waals surface area contributed by atoms with E-state index >= 15 is 0 Å². The number of pyridine rings is 1. The minimum Gasteiger partial charge on any atom is -0.384 e. The van der Waals surface area contributed by atoms with E-state index in [1.807, 2.05) is 13.8 Å². The Balaban J connectivity index is 1.49. The average Bonchev–Trinajstić information content (AvgIpc) is 2.72. The molecule has 2 aliphatic rings. The molecule has 182 valence electrons. The number of hydrogen-bond donors (Lipinski definition) is 2. The molecule has 0 spiro atoms. The molecular weight excluding hydrogens is 452 g/mol. The Morgan fingerprint density at radius 3 is 2.22 bits per heavy atom. The molecule has 2 N–H and O–H groups in total. The summed E-state index contributed by atoms with van der Waals surface area (Å²) in [6, 6.07) is 3.30. The van der Waals surface area contributed by atoms with Crippen molar-refractivity contribution in [3.8, 4) is 0 Å². The zero-order valence-electron chi connectivity index (χ0n) is 19.3. The summed E-state index contributed by atoms with van der Waals surface area (Å²) in [5, 5.41) is 2.96. The summed E-state index contributed by atoms with van der Waals surface area (Å²) in [5.41, 5.74) is 0.773. The van der Waals surface area contributed by atoms with Crippen LogP contribution in [-0.4, -0.2) is 69.3 Å². The summed E-state index contributed by atoms with van der Waals surface area (Å²) in [7, 11) is -6.88. The summed E-state index contributed by atoms with van der Waals surface area (Å²) in [6.07, 6.45) is 4.78. The zero-order chi connectivity index (χ0) is 23.5. The predicted octanol–water partition coefficient (Wildman–Crippen LogP) is 2.18. The standard InChI is InChI=1S/C21H36N4O5S2/c1-15(2)31(26,27)24-19-7-5-18(6-8-19)11-22-20-9-10-21(23-12-20)32(28,29)25-13-16(3)30-17(4)14-25/h9-10,12,15-19,22,24H,5-8,11,13-14H2,1-4H3/t16-,17+,18-,19-. The van der Waals surface area contributed by atoms with Crippen molar-refractivity contribution in [2.45, 2.75) is 81.9 Å². The van der Waals surface area contributed by atoms with Gasteiger partial charge in [-0.15, -0.1) is 0 Å². The zero-order valence-corrected chi connectivity index (χ0v) is 21.0. The van der Waals surface area contributed by atoms with Gasteiger partial charge in [-0.1, -0.05) is 0 Å². The second-order valence-corrected chi connectivity index (χ2v) is 13.4. The van der Waals surface area contributed by atoms with Crippen molar-refractivity contribution in [1.29, 1.82) is 0 Å². The van der Waals surface area contributed by atoms with Crippen molar-refractivity contribution in [2.75, 3.05) is 25.0 Å². The first-order valence-corrected chi connectivity index (χ1v) is 14.3. The smallest absolute Gasteiger partial charge is 0.260 e. The number of nitrogens with zero attached hydrogens (tertiary/aromatic N) is 2. The van der Waals surface area contributed by atoms with Gasteiger partial charge in [-0.05, 0) is 71.4 Å². The molecule has 3 rings (SSSR count). The maximum absolute atomic E-state index is 12.9. The molecule has 0 bridgehead atoms. The van der Waals surface area contributed by atoms with Crippen LogP contribution in [0.3, 0.4) is 0 Å². The van der Waals surface area contributed by atoms with Crippen LogP contribution in [0.1, 0.15) is 53.4 Å². The molecule has 1 aliphatic heterocycles. The Labute approximate surface area is 192 Å². The molecule has 0 aromatic carbocycles. The molecule has 1 saturated heterocycles. The maximum Gasteiger partial charge on any atom is 0.260 e. The van der Waals surface area contributed by atoms with Crippen LogP contribution in [0.15, 0.2) is 23.4 Å². The Morgan fingerprint density at radius 2 is 1.69 bits per heavy atom. The SMILES string of the molecule is CC(C)S(=O)(=O)N[C@H]1CC[C@H](CNc2ccc(S(=O)(=O)N3C[C@@H](C)O[C@@H](C)C3)nc2)CC1. The third-order valence-electron chi connectivity index (χ3n) is 6.12. The highest BCUT2D eigenvalue weighted by atomic mass is 32.2. The number of morpholine rings is 1. The number of aromatic nitrogens is 1. The fraction of sp³-hybridized carbons (Fsp3) is 0.762. The molecule has 0 radical (unpaired) electrons. The van der Waals surface area contributed by atoms with Gasteiger partial charge in [0.2, 0.25) is 10.0 Å². The van der Waals surface area contributed by atoms with Crippen molar-refractivity contribution in [1.82, 2.24) is 14.0 Å². The minimum absolute atomic E-state index is 0.00966. The van der Waals surface area contributed by atoms with E-state index in [0.29, 0.717) is 19.0 Å². The lowest BCUT2D eigenvalue weighted by Crippen LogP contribution is -2.48. The molecule has 2 heterocycles. The third kappa shape index (κ3) is 6.40. The lowest BCUT2D eigenvalue weighted by atomic mass is 9.86. The van der Waals surface area contributed by atoms with Crippen molar-refractivity contribution >= 4 is 25.7 Å². The third-order valence-corrected chi connectivity index (χ3v) is 9.77. The lowest BCUT2D eigenvalue weighted by molar-refractivity contribution is -0.0441. The van der Waals surface area contributed by atoms with Gasteiger partial charge in [-0.25, -0.2) is 26.5 Å². The monoisotopic (exact) mass is 488 g/mol. The molecule has 2 fully saturated rings. The number of rotatable bonds is 8. The van der Waals surface area contributed by atoms with Gasteiger partial charge in [0.25, 0.3) is 10.0 Å². The van der Waals surface area contributed by atoms with Crippen LogP contribution in [0, 0.1) is 5.92 Å². The van der Waals surface area contributed by atoms with E-state index in [1.54, 1.807) is 32.2 Å².